The molecule has 0 aromatic rings. The maximum Gasteiger partial charge on any atom is 0.0289 e. The first-order chi connectivity index (χ1) is 8.47. The smallest absolute Gasteiger partial charge is 0.0289 e. The second-order valence-corrected chi connectivity index (χ2v) is 5.17. The molecule has 98 valence electrons. The Bertz CT molecular complexity index is 433. The number of hydrogen-bond acceptors (Lipinski definition) is 1. The van der Waals surface area contributed by atoms with E-state index in [9.17, 15) is 0 Å². The van der Waals surface area contributed by atoms with Gasteiger partial charge in [0, 0.05) is 6.04 Å². The lowest BCUT2D eigenvalue weighted by Crippen LogP contribution is -2.22. The Balaban J connectivity index is 3.06. The van der Waals surface area contributed by atoms with E-state index in [0.717, 1.165) is 24.8 Å². The second-order valence-electron chi connectivity index (χ2n) is 5.17. The summed E-state index contributed by atoms with van der Waals surface area (Å²) < 4.78 is 0. The highest BCUT2D eigenvalue weighted by Gasteiger charge is 2.16. The molecule has 1 unspecified atom stereocenters. The van der Waals surface area contributed by atoms with Crippen LogP contribution < -0.4 is 5.73 Å². The molecular formula is C17H25N. The molecule has 0 saturated carbocycles. The molecule has 0 aliphatic heterocycles. The predicted molar refractivity (Wildman–Crippen MR) is 81.4 cm³/mol. The van der Waals surface area contributed by atoms with Crippen LogP contribution in [0.5, 0.6) is 0 Å². The molecule has 0 saturated heterocycles. The van der Waals surface area contributed by atoms with Gasteiger partial charge in [0.2, 0.25) is 0 Å². The Morgan fingerprint density at radius 1 is 1.50 bits per heavy atom. The fraction of sp³-hybridized carbons (Fsp3) is 0.412. The van der Waals surface area contributed by atoms with Crippen LogP contribution in [0.15, 0.2) is 59.3 Å². The molecule has 0 amide bonds. The summed E-state index contributed by atoms with van der Waals surface area (Å²) >= 11 is 0. The monoisotopic (exact) mass is 243 g/mol. The molecule has 1 aliphatic carbocycles. The molecule has 18 heavy (non-hydrogen) atoms. The van der Waals surface area contributed by atoms with Crippen molar-refractivity contribution in [2.75, 3.05) is 0 Å². The van der Waals surface area contributed by atoms with Gasteiger partial charge in [0.25, 0.3) is 0 Å². The fourth-order valence-corrected chi connectivity index (χ4v) is 2.40. The molecule has 0 radical (unpaired) electrons. The predicted octanol–water partition coefficient (Wildman–Crippen LogP) is 4.45. The Kier molecular flexibility index (Phi) is 5.36. The SMILES string of the molecule is C=C/C=C(/CC(N)C(=C)C)C1=C(C)CCC=C1C. The van der Waals surface area contributed by atoms with Crippen LogP contribution in [0.25, 0.3) is 0 Å². The van der Waals surface area contributed by atoms with Gasteiger partial charge in [-0.2, -0.15) is 0 Å². The van der Waals surface area contributed by atoms with E-state index < -0.39 is 0 Å². The molecule has 1 heteroatoms. The van der Waals surface area contributed by atoms with Gasteiger partial charge in [0.15, 0.2) is 0 Å². The fourth-order valence-electron chi connectivity index (χ4n) is 2.40. The van der Waals surface area contributed by atoms with Crippen molar-refractivity contribution in [3.05, 3.63) is 59.3 Å². The Morgan fingerprint density at radius 2 is 2.17 bits per heavy atom. The van der Waals surface area contributed by atoms with E-state index in [2.05, 4.69) is 39.2 Å². The average molecular weight is 243 g/mol. The van der Waals surface area contributed by atoms with Crippen LogP contribution in [-0.2, 0) is 0 Å². The van der Waals surface area contributed by atoms with Crippen molar-refractivity contribution < 1.29 is 0 Å². The number of rotatable bonds is 5. The van der Waals surface area contributed by atoms with Crippen molar-refractivity contribution >= 4 is 0 Å². The van der Waals surface area contributed by atoms with Crippen LogP contribution in [0.2, 0.25) is 0 Å². The largest absolute Gasteiger partial charge is 0.324 e. The van der Waals surface area contributed by atoms with Crippen molar-refractivity contribution in [2.24, 2.45) is 5.73 Å². The van der Waals surface area contributed by atoms with Crippen LogP contribution in [0, 0.1) is 0 Å². The van der Waals surface area contributed by atoms with Crippen molar-refractivity contribution in [3.63, 3.8) is 0 Å². The summed E-state index contributed by atoms with van der Waals surface area (Å²) in [6.45, 7) is 14.1. The molecule has 1 rings (SSSR count). The quantitative estimate of drug-likeness (QED) is 0.560. The van der Waals surface area contributed by atoms with E-state index in [4.69, 9.17) is 5.73 Å². The van der Waals surface area contributed by atoms with Gasteiger partial charge < -0.3 is 5.73 Å². The second kappa shape index (κ2) is 6.55. The van der Waals surface area contributed by atoms with Gasteiger partial charge in [-0.25, -0.2) is 0 Å². The van der Waals surface area contributed by atoms with E-state index in [-0.39, 0.29) is 6.04 Å². The number of nitrogens with two attached hydrogens (primary N) is 1. The van der Waals surface area contributed by atoms with Crippen LogP contribution in [0.4, 0.5) is 0 Å². The zero-order valence-electron chi connectivity index (χ0n) is 11.9. The lowest BCUT2D eigenvalue weighted by atomic mass is 9.84. The maximum atomic E-state index is 6.13. The first-order valence-corrected chi connectivity index (χ1v) is 6.57. The average Bonchev–Trinajstić information content (AvgIpc) is 2.28. The Labute approximate surface area is 111 Å². The third kappa shape index (κ3) is 3.58. The molecule has 0 bridgehead atoms. The molecule has 0 aromatic heterocycles. The summed E-state index contributed by atoms with van der Waals surface area (Å²) in [5, 5.41) is 0. The summed E-state index contributed by atoms with van der Waals surface area (Å²) in [4.78, 5) is 0. The lowest BCUT2D eigenvalue weighted by molar-refractivity contribution is 0.758. The summed E-state index contributed by atoms with van der Waals surface area (Å²) in [7, 11) is 0. The van der Waals surface area contributed by atoms with E-state index in [1.165, 1.54) is 22.3 Å². The van der Waals surface area contributed by atoms with Gasteiger partial charge in [0.1, 0.15) is 0 Å². The van der Waals surface area contributed by atoms with E-state index in [1.807, 2.05) is 13.0 Å². The maximum absolute atomic E-state index is 6.13. The molecule has 0 spiro atoms. The minimum Gasteiger partial charge on any atom is -0.324 e. The standard InChI is InChI=1S/C17H25N/c1-6-8-15(11-16(18)12(2)3)17-13(4)9-7-10-14(17)5/h6,8-9,16H,1-2,7,10-11,18H2,3-5H3/b15-8-. The molecule has 1 aliphatic rings. The van der Waals surface area contributed by atoms with Crippen molar-refractivity contribution in [1.82, 2.24) is 0 Å². The van der Waals surface area contributed by atoms with Gasteiger partial charge in [-0.05, 0) is 56.8 Å². The van der Waals surface area contributed by atoms with E-state index in [1.54, 1.807) is 0 Å². The van der Waals surface area contributed by atoms with Gasteiger partial charge in [0.05, 0.1) is 0 Å². The number of hydrogen-bond donors (Lipinski definition) is 1. The highest BCUT2D eigenvalue weighted by Crippen LogP contribution is 2.32. The van der Waals surface area contributed by atoms with E-state index in [0.29, 0.717) is 0 Å². The molecule has 0 fully saturated rings. The normalized spacial score (nSPS) is 18.4. The minimum absolute atomic E-state index is 0.0197. The van der Waals surface area contributed by atoms with Crippen LogP contribution >= 0.6 is 0 Å². The van der Waals surface area contributed by atoms with Crippen LogP contribution in [-0.4, -0.2) is 6.04 Å². The van der Waals surface area contributed by atoms with Gasteiger partial charge in [-0.1, -0.05) is 42.5 Å². The lowest BCUT2D eigenvalue weighted by Gasteiger charge is -2.23. The summed E-state index contributed by atoms with van der Waals surface area (Å²) in [5.41, 5.74) is 12.6. The first-order valence-electron chi connectivity index (χ1n) is 6.57. The third-order valence-electron chi connectivity index (χ3n) is 3.50. The summed E-state index contributed by atoms with van der Waals surface area (Å²) in [6, 6.07) is 0.0197. The third-order valence-corrected chi connectivity index (χ3v) is 3.50. The van der Waals surface area contributed by atoms with E-state index >= 15 is 0 Å². The molecule has 1 atom stereocenters. The molecule has 0 heterocycles. The Morgan fingerprint density at radius 3 is 2.67 bits per heavy atom. The zero-order chi connectivity index (χ0) is 13.7. The Hall–Kier alpha value is -1.34. The van der Waals surface area contributed by atoms with Crippen LogP contribution in [0.1, 0.15) is 40.0 Å². The van der Waals surface area contributed by atoms with Gasteiger partial charge in [-0.15, -0.1) is 0 Å². The topological polar surface area (TPSA) is 26.0 Å². The van der Waals surface area contributed by atoms with Crippen molar-refractivity contribution in [3.8, 4) is 0 Å². The van der Waals surface area contributed by atoms with Gasteiger partial charge in [-0.3, -0.25) is 0 Å². The molecule has 1 nitrogen and oxygen atoms in total. The van der Waals surface area contributed by atoms with Crippen molar-refractivity contribution in [2.45, 2.75) is 46.1 Å². The molecule has 2 N–H and O–H groups in total. The summed E-state index contributed by atoms with van der Waals surface area (Å²) in [5.74, 6) is 0. The summed E-state index contributed by atoms with van der Waals surface area (Å²) in [6.07, 6.45) is 9.37. The first kappa shape index (κ1) is 14.7. The number of allylic oxidation sites excluding steroid dienone is 6. The highest BCUT2D eigenvalue weighted by molar-refractivity contribution is 5.51. The van der Waals surface area contributed by atoms with Crippen molar-refractivity contribution in [1.29, 1.82) is 0 Å². The molecule has 0 aromatic carbocycles. The minimum atomic E-state index is 0.0197. The molecular weight excluding hydrogens is 218 g/mol. The van der Waals surface area contributed by atoms with Crippen LogP contribution in [0.3, 0.4) is 0 Å². The highest BCUT2D eigenvalue weighted by atomic mass is 14.6. The zero-order valence-corrected chi connectivity index (χ0v) is 11.9. The van der Waals surface area contributed by atoms with Gasteiger partial charge >= 0.3 is 0 Å².